The Morgan fingerprint density at radius 3 is 2.08 bits per heavy atom. The summed E-state index contributed by atoms with van der Waals surface area (Å²) in [6.45, 7) is 12.3. The van der Waals surface area contributed by atoms with Gasteiger partial charge in [0, 0.05) is 0 Å². The lowest BCUT2D eigenvalue weighted by Crippen LogP contribution is -2.08. The van der Waals surface area contributed by atoms with Gasteiger partial charge in [0.1, 0.15) is 0 Å². The number of rotatable bonds is 2. The molecular formula is C11H19N. The van der Waals surface area contributed by atoms with Gasteiger partial charge in [0.15, 0.2) is 0 Å². The second-order valence-corrected chi connectivity index (χ2v) is 4.06. The van der Waals surface area contributed by atoms with Crippen molar-refractivity contribution in [3.05, 3.63) is 36.1 Å². The lowest BCUT2D eigenvalue weighted by molar-refractivity contribution is 0.516. The summed E-state index contributed by atoms with van der Waals surface area (Å²) in [7, 11) is 0. The molecule has 0 amide bonds. The predicted octanol–water partition coefficient (Wildman–Crippen LogP) is 3.01. The third-order valence-corrected chi connectivity index (χ3v) is 1.54. The van der Waals surface area contributed by atoms with Crippen molar-refractivity contribution < 1.29 is 0 Å². The fourth-order valence-electron chi connectivity index (χ4n) is 0.884. The van der Waals surface area contributed by atoms with Crippen LogP contribution in [-0.4, -0.2) is 0 Å². The van der Waals surface area contributed by atoms with E-state index in [9.17, 15) is 0 Å². The molecule has 0 spiro atoms. The molecule has 0 bridgehead atoms. The third kappa shape index (κ3) is 4.02. The zero-order valence-electron chi connectivity index (χ0n) is 8.52. The van der Waals surface area contributed by atoms with Crippen LogP contribution >= 0.6 is 0 Å². The van der Waals surface area contributed by atoms with Crippen LogP contribution in [0.3, 0.4) is 0 Å². The van der Waals surface area contributed by atoms with Gasteiger partial charge in [0.25, 0.3) is 0 Å². The summed E-state index contributed by atoms with van der Waals surface area (Å²) >= 11 is 0. The van der Waals surface area contributed by atoms with Crippen molar-refractivity contribution in [1.82, 2.24) is 0 Å². The molecule has 0 rings (SSSR count). The van der Waals surface area contributed by atoms with E-state index in [1.165, 1.54) is 5.57 Å². The second-order valence-electron chi connectivity index (χ2n) is 4.06. The van der Waals surface area contributed by atoms with Gasteiger partial charge in [-0.25, -0.2) is 0 Å². The second kappa shape index (κ2) is 4.15. The molecule has 0 aromatic rings. The van der Waals surface area contributed by atoms with Crippen LogP contribution in [0, 0.1) is 5.41 Å². The minimum atomic E-state index is 0.134. The first kappa shape index (κ1) is 11.0. The van der Waals surface area contributed by atoms with Gasteiger partial charge in [-0.05, 0) is 30.2 Å². The van der Waals surface area contributed by atoms with Crippen LogP contribution in [-0.2, 0) is 0 Å². The zero-order valence-corrected chi connectivity index (χ0v) is 8.52. The van der Waals surface area contributed by atoms with Crippen molar-refractivity contribution in [2.45, 2.75) is 27.7 Å². The van der Waals surface area contributed by atoms with Gasteiger partial charge in [-0.15, -0.1) is 0 Å². The van der Waals surface area contributed by atoms with Crippen LogP contribution in [0.4, 0.5) is 0 Å². The summed E-state index contributed by atoms with van der Waals surface area (Å²) in [6, 6.07) is 0. The van der Waals surface area contributed by atoms with Crippen LogP contribution in [0.15, 0.2) is 36.1 Å². The van der Waals surface area contributed by atoms with Crippen molar-refractivity contribution in [2.75, 3.05) is 0 Å². The Labute approximate surface area is 75.7 Å². The van der Waals surface area contributed by atoms with Gasteiger partial charge in [-0.2, -0.15) is 0 Å². The van der Waals surface area contributed by atoms with Crippen molar-refractivity contribution >= 4 is 0 Å². The van der Waals surface area contributed by atoms with Gasteiger partial charge in [-0.3, -0.25) is 0 Å². The van der Waals surface area contributed by atoms with Gasteiger partial charge in [-0.1, -0.05) is 39.0 Å². The van der Waals surface area contributed by atoms with E-state index >= 15 is 0 Å². The fraction of sp³-hybridized carbons (Fsp3) is 0.455. The molecule has 0 saturated carbocycles. The zero-order chi connectivity index (χ0) is 9.78. The maximum Gasteiger partial charge on any atom is -0.00594 e. The average Bonchev–Trinajstić information content (AvgIpc) is 1.83. The van der Waals surface area contributed by atoms with E-state index in [0.29, 0.717) is 0 Å². The molecular weight excluding hydrogens is 146 g/mol. The Balaban J connectivity index is 4.80. The molecule has 0 atom stereocenters. The Morgan fingerprint density at radius 2 is 1.83 bits per heavy atom. The van der Waals surface area contributed by atoms with Crippen LogP contribution in [0.5, 0.6) is 0 Å². The minimum absolute atomic E-state index is 0.134. The standard InChI is InChI=1S/C11H19N/c1-9(2)8-10(6-7-12)11(3,4)5/h6-8H,1,12H2,2-5H3/b7-6-,10-8+. The number of hydrogen-bond acceptors (Lipinski definition) is 1. The highest BCUT2D eigenvalue weighted by atomic mass is 14.5. The van der Waals surface area contributed by atoms with Crippen molar-refractivity contribution in [2.24, 2.45) is 11.1 Å². The smallest absolute Gasteiger partial charge is 0.00594 e. The molecule has 1 nitrogen and oxygen atoms in total. The Bertz CT molecular complexity index is 214. The molecule has 0 unspecified atom stereocenters. The topological polar surface area (TPSA) is 26.0 Å². The maximum atomic E-state index is 5.35. The molecule has 0 aliphatic rings. The van der Waals surface area contributed by atoms with E-state index in [2.05, 4.69) is 33.4 Å². The van der Waals surface area contributed by atoms with E-state index in [4.69, 9.17) is 5.73 Å². The molecule has 68 valence electrons. The van der Waals surface area contributed by atoms with E-state index in [1.54, 1.807) is 6.20 Å². The molecule has 0 aromatic heterocycles. The average molecular weight is 165 g/mol. The van der Waals surface area contributed by atoms with Crippen molar-refractivity contribution in [1.29, 1.82) is 0 Å². The normalized spacial score (nSPS) is 13.8. The van der Waals surface area contributed by atoms with Crippen molar-refractivity contribution in [3.8, 4) is 0 Å². The quantitative estimate of drug-likeness (QED) is 0.625. The largest absolute Gasteiger partial charge is 0.405 e. The van der Waals surface area contributed by atoms with Gasteiger partial charge >= 0.3 is 0 Å². The molecule has 12 heavy (non-hydrogen) atoms. The summed E-state index contributed by atoms with van der Waals surface area (Å²) in [5.41, 5.74) is 7.74. The summed E-state index contributed by atoms with van der Waals surface area (Å²) in [5, 5.41) is 0. The van der Waals surface area contributed by atoms with Gasteiger partial charge in [0.05, 0.1) is 0 Å². The van der Waals surface area contributed by atoms with Crippen LogP contribution in [0.2, 0.25) is 0 Å². The maximum absolute atomic E-state index is 5.35. The molecule has 0 fully saturated rings. The van der Waals surface area contributed by atoms with E-state index in [0.717, 1.165) is 5.57 Å². The first-order valence-corrected chi connectivity index (χ1v) is 4.14. The fourth-order valence-corrected chi connectivity index (χ4v) is 0.884. The molecule has 0 saturated heterocycles. The van der Waals surface area contributed by atoms with Gasteiger partial charge < -0.3 is 5.73 Å². The number of hydrogen-bond donors (Lipinski definition) is 1. The first-order chi connectivity index (χ1) is 5.38. The highest BCUT2D eigenvalue weighted by Gasteiger charge is 2.13. The number of allylic oxidation sites excluding steroid dienone is 4. The van der Waals surface area contributed by atoms with E-state index in [-0.39, 0.29) is 5.41 Å². The van der Waals surface area contributed by atoms with Crippen LogP contribution in [0.25, 0.3) is 0 Å². The summed E-state index contributed by atoms with van der Waals surface area (Å²) < 4.78 is 0. The molecule has 0 aliphatic heterocycles. The lowest BCUT2D eigenvalue weighted by Gasteiger charge is -2.20. The van der Waals surface area contributed by atoms with E-state index < -0.39 is 0 Å². The Hall–Kier alpha value is -0.980. The molecule has 1 heteroatoms. The van der Waals surface area contributed by atoms with Crippen LogP contribution in [0.1, 0.15) is 27.7 Å². The van der Waals surface area contributed by atoms with Gasteiger partial charge in [0.2, 0.25) is 0 Å². The summed E-state index contributed by atoms with van der Waals surface area (Å²) in [4.78, 5) is 0. The summed E-state index contributed by atoms with van der Waals surface area (Å²) in [5.74, 6) is 0. The monoisotopic (exact) mass is 165 g/mol. The third-order valence-electron chi connectivity index (χ3n) is 1.54. The highest BCUT2D eigenvalue weighted by Crippen LogP contribution is 2.26. The minimum Gasteiger partial charge on any atom is -0.405 e. The lowest BCUT2D eigenvalue weighted by atomic mass is 9.85. The molecule has 0 aromatic carbocycles. The molecule has 0 aliphatic carbocycles. The highest BCUT2D eigenvalue weighted by molar-refractivity contribution is 5.31. The van der Waals surface area contributed by atoms with E-state index in [1.807, 2.05) is 13.0 Å². The first-order valence-electron chi connectivity index (χ1n) is 4.14. The molecule has 0 heterocycles. The van der Waals surface area contributed by atoms with Crippen LogP contribution < -0.4 is 5.73 Å². The SMILES string of the molecule is C=C(C)/C=C(\C=C/N)C(C)(C)C. The Kier molecular flexibility index (Phi) is 3.81. The Morgan fingerprint density at radius 1 is 1.33 bits per heavy atom. The summed E-state index contributed by atoms with van der Waals surface area (Å²) in [6.07, 6.45) is 5.55. The molecule has 0 radical (unpaired) electrons. The number of nitrogens with two attached hydrogens (primary N) is 1. The predicted molar refractivity (Wildman–Crippen MR) is 55.7 cm³/mol. The van der Waals surface area contributed by atoms with Crippen molar-refractivity contribution in [3.63, 3.8) is 0 Å². The molecule has 2 N–H and O–H groups in total.